The quantitative estimate of drug-likeness (QED) is 0.800. The number of hydrogen-bond donors (Lipinski definition) is 2. The van der Waals surface area contributed by atoms with E-state index >= 15 is 0 Å². The molecule has 2 aromatic rings. The zero-order valence-electron chi connectivity index (χ0n) is 16.6. The minimum absolute atomic E-state index is 0.00662. The molecule has 1 aliphatic heterocycles. The molecule has 0 bridgehead atoms. The first-order valence-corrected chi connectivity index (χ1v) is 10.5. The molecule has 4 rings (SSSR count). The van der Waals surface area contributed by atoms with Gasteiger partial charge in [0.25, 0.3) is 0 Å². The van der Waals surface area contributed by atoms with Crippen LogP contribution in [0.25, 0.3) is 0 Å². The zero-order chi connectivity index (χ0) is 19.9. The first kappa shape index (κ1) is 19.0. The first-order chi connectivity index (χ1) is 13.3. The summed E-state index contributed by atoms with van der Waals surface area (Å²) < 4.78 is 5.55. The number of ether oxygens (including phenoxy) is 1. The molecule has 3 N–H and O–H groups in total. The van der Waals surface area contributed by atoms with Gasteiger partial charge in [0.1, 0.15) is 5.60 Å². The molecule has 2 aliphatic rings. The number of piperidine rings is 1. The normalized spacial score (nSPS) is 20.8. The Morgan fingerprint density at radius 2 is 2.00 bits per heavy atom. The third-order valence-electron chi connectivity index (χ3n) is 5.64. The minimum atomic E-state index is -0.517. The molecule has 1 aromatic carbocycles. The van der Waals surface area contributed by atoms with Crippen LogP contribution in [0, 0.1) is 5.41 Å². The molecule has 1 spiro atoms. The van der Waals surface area contributed by atoms with Gasteiger partial charge < -0.3 is 20.7 Å². The largest absolute Gasteiger partial charge is 0.444 e. The number of carbonyl (C=O) groups is 1. The summed E-state index contributed by atoms with van der Waals surface area (Å²) >= 11 is 1.42. The van der Waals surface area contributed by atoms with Gasteiger partial charge in [-0.05, 0) is 51.2 Å². The average molecular weight is 402 g/mol. The summed E-state index contributed by atoms with van der Waals surface area (Å²) in [7, 11) is 0. The van der Waals surface area contributed by atoms with Gasteiger partial charge in [-0.25, -0.2) is 4.79 Å². The second-order valence-electron chi connectivity index (χ2n) is 8.73. The van der Waals surface area contributed by atoms with Crippen LogP contribution in [0.15, 0.2) is 24.3 Å². The number of rotatable bonds is 2. The minimum Gasteiger partial charge on any atom is -0.444 e. The van der Waals surface area contributed by atoms with E-state index < -0.39 is 5.60 Å². The first-order valence-electron chi connectivity index (χ1n) is 9.67. The van der Waals surface area contributed by atoms with Crippen LogP contribution in [0.5, 0.6) is 0 Å². The molecule has 1 saturated heterocycles. The summed E-state index contributed by atoms with van der Waals surface area (Å²) in [5.41, 5.74) is 7.75. The molecule has 1 fully saturated rings. The van der Waals surface area contributed by atoms with E-state index in [0.717, 1.165) is 37.5 Å². The van der Waals surface area contributed by atoms with Crippen LogP contribution in [-0.2, 0) is 11.2 Å². The van der Waals surface area contributed by atoms with Gasteiger partial charge in [-0.15, -0.1) is 10.2 Å². The Morgan fingerprint density at radius 3 is 2.64 bits per heavy atom. The second kappa shape index (κ2) is 6.92. The van der Waals surface area contributed by atoms with Crippen LogP contribution < -0.4 is 16.0 Å². The van der Waals surface area contributed by atoms with E-state index in [1.54, 1.807) is 0 Å². The van der Waals surface area contributed by atoms with Gasteiger partial charge in [0, 0.05) is 18.5 Å². The number of fused-ring (bicyclic) bond motifs is 1. The van der Waals surface area contributed by atoms with Crippen molar-refractivity contribution in [3.05, 3.63) is 35.4 Å². The summed E-state index contributed by atoms with van der Waals surface area (Å²) in [6.45, 7) is 7.40. The number of alkyl carbamates (subject to hydrolysis) is 1. The van der Waals surface area contributed by atoms with Crippen molar-refractivity contribution < 1.29 is 9.53 Å². The maximum absolute atomic E-state index is 12.6. The third kappa shape index (κ3) is 3.65. The van der Waals surface area contributed by atoms with Crippen LogP contribution >= 0.6 is 11.3 Å². The van der Waals surface area contributed by atoms with Crippen molar-refractivity contribution in [1.29, 1.82) is 0 Å². The summed E-state index contributed by atoms with van der Waals surface area (Å²) in [6.07, 6.45) is 2.53. The van der Waals surface area contributed by atoms with E-state index in [2.05, 4.69) is 38.6 Å². The van der Waals surface area contributed by atoms with Crippen LogP contribution in [0.1, 0.15) is 50.8 Å². The summed E-state index contributed by atoms with van der Waals surface area (Å²) in [5, 5.41) is 12.7. The molecular weight excluding hydrogens is 374 g/mol. The maximum Gasteiger partial charge on any atom is 0.408 e. The molecule has 0 radical (unpaired) electrons. The standard InChI is InChI=1S/C20H27N5O2S/c1-19(2,3)27-18(26)22-15-14-7-5-4-6-13(14)12-20(15)8-10-25(11-9-20)17-24-23-16(21)28-17/h4-7,15H,8-12H2,1-3H3,(H2,21,23)(H,22,26)/t15-/m1/s1. The number of amides is 1. The van der Waals surface area contributed by atoms with E-state index in [9.17, 15) is 4.79 Å². The molecular formula is C20H27N5O2S. The molecule has 28 heavy (non-hydrogen) atoms. The van der Waals surface area contributed by atoms with Crippen molar-refractivity contribution in [3.8, 4) is 0 Å². The van der Waals surface area contributed by atoms with Crippen LogP contribution in [0.2, 0.25) is 0 Å². The fourth-order valence-electron chi connectivity index (χ4n) is 4.41. The van der Waals surface area contributed by atoms with Gasteiger partial charge in [-0.2, -0.15) is 0 Å². The Kier molecular flexibility index (Phi) is 4.69. The number of benzene rings is 1. The number of carbonyl (C=O) groups excluding carboxylic acids is 1. The number of hydrogen-bond acceptors (Lipinski definition) is 7. The molecule has 1 amide bonds. The summed E-state index contributed by atoms with van der Waals surface area (Å²) in [6, 6.07) is 8.37. The van der Waals surface area contributed by atoms with E-state index in [4.69, 9.17) is 10.5 Å². The Bertz CT molecular complexity index is 867. The summed E-state index contributed by atoms with van der Waals surface area (Å²) in [4.78, 5) is 14.8. The SMILES string of the molecule is CC(C)(C)OC(=O)N[C@@H]1c2ccccc2CC12CCN(c1nnc(N)s1)CC2. The Labute approximate surface area is 169 Å². The van der Waals surface area contributed by atoms with E-state index in [-0.39, 0.29) is 17.6 Å². The van der Waals surface area contributed by atoms with Crippen LogP contribution in [0.3, 0.4) is 0 Å². The summed E-state index contributed by atoms with van der Waals surface area (Å²) in [5.74, 6) is 0. The highest BCUT2D eigenvalue weighted by atomic mass is 32.1. The predicted molar refractivity (Wildman–Crippen MR) is 110 cm³/mol. The highest BCUT2D eigenvalue weighted by Crippen LogP contribution is 2.52. The van der Waals surface area contributed by atoms with Crippen molar-refractivity contribution >= 4 is 27.7 Å². The fraction of sp³-hybridized carbons (Fsp3) is 0.550. The topological polar surface area (TPSA) is 93.4 Å². The predicted octanol–water partition coefficient (Wildman–Crippen LogP) is 3.53. The van der Waals surface area contributed by atoms with Crippen molar-refractivity contribution in [2.24, 2.45) is 5.41 Å². The number of nitrogens with one attached hydrogen (secondary N) is 1. The molecule has 2 heterocycles. The molecule has 8 heteroatoms. The van der Waals surface area contributed by atoms with E-state index in [1.165, 1.54) is 22.5 Å². The smallest absolute Gasteiger partial charge is 0.408 e. The number of nitrogens with two attached hydrogens (primary N) is 1. The molecule has 7 nitrogen and oxygen atoms in total. The molecule has 1 aliphatic carbocycles. The van der Waals surface area contributed by atoms with Crippen molar-refractivity contribution in [3.63, 3.8) is 0 Å². The highest BCUT2D eigenvalue weighted by Gasteiger charge is 2.48. The Balaban J connectivity index is 1.54. The van der Waals surface area contributed by atoms with Crippen molar-refractivity contribution in [2.45, 2.75) is 51.7 Å². The maximum atomic E-state index is 12.6. The van der Waals surface area contributed by atoms with Crippen molar-refractivity contribution in [1.82, 2.24) is 15.5 Å². The number of aromatic nitrogens is 2. The zero-order valence-corrected chi connectivity index (χ0v) is 17.4. The fourth-order valence-corrected chi connectivity index (χ4v) is 5.07. The van der Waals surface area contributed by atoms with Gasteiger partial charge >= 0.3 is 6.09 Å². The number of nitrogens with zero attached hydrogens (tertiary/aromatic N) is 3. The van der Waals surface area contributed by atoms with Gasteiger partial charge in [0.15, 0.2) is 0 Å². The number of anilines is 2. The van der Waals surface area contributed by atoms with Crippen molar-refractivity contribution in [2.75, 3.05) is 23.7 Å². The lowest BCUT2D eigenvalue weighted by Gasteiger charge is -2.43. The van der Waals surface area contributed by atoms with E-state index in [0.29, 0.717) is 5.13 Å². The molecule has 0 unspecified atom stereocenters. The van der Waals surface area contributed by atoms with E-state index in [1.807, 2.05) is 26.8 Å². The van der Waals surface area contributed by atoms with Gasteiger partial charge in [-0.3, -0.25) is 0 Å². The lowest BCUT2D eigenvalue weighted by molar-refractivity contribution is 0.0428. The molecule has 1 atom stereocenters. The van der Waals surface area contributed by atoms with Crippen LogP contribution in [0.4, 0.5) is 15.1 Å². The Morgan fingerprint density at radius 1 is 1.29 bits per heavy atom. The van der Waals surface area contributed by atoms with Gasteiger partial charge in [0.2, 0.25) is 10.3 Å². The highest BCUT2D eigenvalue weighted by molar-refractivity contribution is 7.18. The second-order valence-corrected chi connectivity index (χ2v) is 9.71. The number of nitrogen functional groups attached to an aromatic ring is 1. The molecule has 1 aromatic heterocycles. The lowest BCUT2D eigenvalue weighted by Crippen LogP contribution is -2.47. The van der Waals surface area contributed by atoms with Gasteiger partial charge in [0.05, 0.1) is 6.04 Å². The van der Waals surface area contributed by atoms with Crippen LogP contribution in [-0.4, -0.2) is 35.0 Å². The lowest BCUT2D eigenvalue weighted by atomic mass is 9.73. The monoisotopic (exact) mass is 401 g/mol. The third-order valence-corrected chi connectivity index (χ3v) is 6.45. The average Bonchev–Trinajstić information content (AvgIpc) is 3.17. The Hall–Kier alpha value is -2.35. The molecule has 0 saturated carbocycles. The molecule has 150 valence electrons. The van der Waals surface area contributed by atoms with Gasteiger partial charge in [-0.1, -0.05) is 35.6 Å².